The molecule has 34 heavy (non-hydrogen) atoms. The van der Waals surface area contributed by atoms with Crippen LogP contribution in [0.25, 0.3) is 16.6 Å². The number of benzene rings is 2. The van der Waals surface area contributed by atoms with Gasteiger partial charge in [0, 0.05) is 17.8 Å². The molecule has 0 atom stereocenters. The molecule has 2 aromatic carbocycles. The minimum atomic E-state index is -0.413. The zero-order valence-electron chi connectivity index (χ0n) is 18.8. The molecule has 0 unspecified atom stereocenters. The van der Waals surface area contributed by atoms with Gasteiger partial charge in [0.15, 0.2) is 5.69 Å². The van der Waals surface area contributed by atoms with Crippen molar-refractivity contribution in [1.82, 2.24) is 24.8 Å². The zero-order chi connectivity index (χ0) is 23.7. The molecule has 9 heteroatoms. The van der Waals surface area contributed by atoms with Crippen LogP contribution < -0.4 is 16.4 Å². The second-order valence-corrected chi connectivity index (χ2v) is 8.30. The Morgan fingerprint density at radius 2 is 1.82 bits per heavy atom. The lowest BCUT2D eigenvalue weighted by Crippen LogP contribution is -2.35. The van der Waals surface area contributed by atoms with Crippen molar-refractivity contribution >= 4 is 22.8 Å². The minimum absolute atomic E-state index is 0.181. The third kappa shape index (κ3) is 3.93. The predicted molar refractivity (Wildman–Crippen MR) is 128 cm³/mol. The molecular formula is C25H25FN6O2. The van der Waals surface area contributed by atoms with Crippen LogP contribution in [0, 0.1) is 5.82 Å². The summed E-state index contributed by atoms with van der Waals surface area (Å²) < 4.78 is 16.7. The molecule has 0 radical (unpaired) electrons. The summed E-state index contributed by atoms with van der Waals surface area (Å²) in [6.45, 7) is 2.23. The second kappa shape index (κ2) is 9.09. The average molecular weight is 461 g/mol. The lowest BCUT2D eigenvalue weighted by atomic mass is 10.1. The Hall–Kier alpha value is -4.01. The summed E-state index contributed by atoms with van der Waals surface area (Å²) >= 11 is 0. The number of carbonyl (C=O) groups is 1. The first-order valence-electron chi connectivity index (χ1n) is 11.5. The second-order valence-electron chi connectivity index (χ2n) is 8.30. The van der Waals surface area contributed by atoms with Crippen LogP contribution in [0.15, 0.2) is 53.3 Å². The van der Waals surface area contributed by atoms with Crippen LogP contribution in [0.3, 0.4) is 0 Å². The minimum Gasteiger partial charge on any atom is -0.277 e. The Labute approximate surface area is 195 Å². The standard InChI is InChI=1S/C25H25FN6O2/c1-2-31-24(34)18-8-6-7-10-20(18)27-25(31)29-28-23(33)22-19-9-4-3-5-11-21(19)32(30-22)17-14-12-16(26)13-15-17/h6-8,10,12-15H,2-5,9,11H2,1H3,(H,27,29)(H,28,33). The lowest BCUT2D eigenvalue weighted by molar-refractivity contribution is 0.0955. The SMILES string of the molecule is CCn1c(NNC(=O)c2nn(-c3ccc(F)cc3)c3c2CCCCC3)nc2ccccc2c1=O. The number of hydrogen-bond acceptors (Lipinski definition) is 5. The Balaban J connectivity index is 1.48. The maximum atomic E-state index is 13.5. The number of aromatic nitrogens is 4. The largest absolute Gasteiger partial charge is 0.290 e. The molecule has 0 aliphatic heterocycles. The van der Waals surface area contributed by atoms with E-state index in [1.165, 1.54) is 16.7 Å². The lowest BCUT2D eigenvalue weighted by Gasteiger charge is -2.13. The summed E-state index contributed by atoms with van der Waals surface area (Å²) in [5, 5.41) is 5.13. The molecule has 0 bridgehead atoms. The number of amides is 1. The number of nitrogens with one attached hydrogen (secondary N) is 2. The van der Waals surface area contributed by atoms with Gasteiger partial charge in [0.05, 0.1) is 16.6 Å². The van der Waals surface area contributed by atoms with Crippen molar-refractivity contribution < 1.29 is 9.18 Å². The summed E-state index contributed by atoms with van der Waals surface area (Å²) in [7, 11) is 0. The van der Waals surface area contributed by atoms with E-state index >= 15 is 0 Å². The molecule has 8 nitrogen and oxygen atoms in total. The Morgan fingerprint density at radius 1 is 1.06 bits per heavy atom. The van der Waals surface area contributed by atoms with Crippen LogP contribution >= 0.6 is 0 Å². The van der Waals surface area contributed by atoms with E-state index in [2.05, 4.69) is 20.9 Å². The van der Waals surface area contributed by atoms with Crippen LogP contribution in [0.4, 0.5) is 10.3 Å². The smallest absolute Gasteiger partial charge is 0.277 e. The summed E-state index contributed by atoms with van der Waals surface area (Å²) in [6, 6.07) is 13.2. The molecule has 0 spiro atoms. The number of hydrazine groups is 1. The summed E-state index contributed by atoms with van der Waals surface area (Å²) in [4.78, 5) is 30.6. The molecule has 174 valence electrons. The van der Waals surface area contributed by atoms with Crippen molar-refractivity contribution in [2.75, 3.05) is 5.43 Å². The summed E-state index contributed by atoms with van der Waals surface area (Å²) in [5.41, 5.74) is 8.78. The average Bonchev–Trinajstić information content (AvgIpc) is 3.04. The quantitative estimate of drug-likeness (QED) is 0.349. The monoisotopic (exact) mass is 460 g/mol. The number of hydrogen-bond donors (Lipinski definition) is 2. The van der Waals surface area contributed by atoms with E-state index in [1.54, 1.807) is 35.0 Å². The number of fused-ring (bicyclic) bond motifs is 2. The summed E-state index contributed by atoms with van der Waals surface area (Å²) in [6.07, 6.45) is 4.58. The van der Waals surface area contributed by atoms with Crippen molar-refractivity contribution in [3.8, 4) is 5.69 Å². The molecular weight excluding hydrogens is 435 g/mol. The highest BCUT2D eigenvalue weighted by Crippen LogP contribution is 2.26. The van der Waals surface area contributed by atoms with Crippen LogP contribution in [-0.4, -0.2) is 25.2 Å². The molecule has 0 saturated carbocycles. The van der Waals surface area contributed by atoms with Crippen molar-refractivity contribution in [3.63, 3.8) is 0 Å². The number of carbonyl (C=O) groups excluding carboxylic acids is 1. The first kappa shape index (κ1) is 21.8. The molecule has 4 aromatic rings. The first-order valence-corrected chi connectivity index (χ1v) is 11.5. The van der Waals surface area contributed by atoms with E-state index in [4.69, 9.17) is 0 Å². The maximum Gasteiger partial charge on any atom is 0.290 e. The maximum absolute atomic E-state index is 13.5. The molecule has 2 heterocycles. The molecule has 5 rings (SSSR count). The van der Waals surface area contributed by atoms with Crippen molar-refractivity contribution in [2.24, 2.45) is 0 Å². The molecule has 0 fully saturated rings. The van der Waals surface area contributed by atoms with E-state index < -0.39 is 5.91 Å². The third-order valence-corrected chi connectivity index (χ3v) is 6.18. The fourth-order valence-electron chi connectivity index (χ4n) is 4.48. The van der Waals surface area contributed by atoms with Gasteiger partial charge in [-0.05, 0) is 69.0 Å². The van der Waals surface area contributed by atoms with E-state index in [1.807, 2.05) is 13.0 Å². The Bertz CT molecular complexity index is 1420. The van der Waals surface area contributed by atoms with Gasteiger partial charge in [-0.2, -0.15) is 5.10 Å². The highest BCUT2D eigenvalue weighted by Gasteiger charge is 2.25. The van der Waals surface area contributed by atoms with E-state index in [-0.39, 0.29) is 17.3 Å². The number of rotatable bonds is 5. The molecule has 0 saturated heterocycles. The normalized spacial score (nSPS) is 13.4. The predicted octanol–water partition coefficient (Wildman–Crippen LogP) is 3.77. The first-order chi connectivity index (χ1) is 16.6. The van der Waals surface area contributed by atoms with Crippen molar-refractivity contribution in [2.45, 2.75) is 45.6 Å². The van der Waals surface area contributed by atoms with Crippen LogP contribution in [0.2, 0.25) is 0 Å². The highest BCUT2D eigenvalue weighted by atomic mass is 19.1. The van der Waals surface area contributed by atoms with E-state index in [0.29, 0.717) is 28.8 Å². The molecule has 1 aliphatic rings. The zero-order valence-corrected chi connectivity index (χ0v) is 18.8. The van der Waals surface area contributed by atoms with Gasteiger partial charge in [-0.15, -0.1) is 0 Å². The van der Waals surface area contributed by atoms with Gasteiger partial charge >= 0.3 is 0 Å². The Morgan fingerprint density at radius 3 is 2.62 bits per heavy atom. The number of halogens is 1. The fraction of sp³-hybridized carbons (Fsp3) is 0.280. The van der Waals surface area contributed by atoms with E-state index in [0.717, 1.165) is 43.4 Å². The van der Waals surface area contributed by atoms with Gasteiger partial charge in [0.1, 0.15) is 5.82 Å². The summed E-state index contributed by atoms with van der Waals surface area (Å²) in [5.74, 6) is -0.485. The molecule has 2 aromatic heterocycles. The Kier molecular flexibility index (Phi) is 5.83. The third-order valence-electron chi connectivity index (χ3n) is 6.18. The molecule has 1 aliphatic carbocycles. The molecule has 2 N–H and O–H groups in total. The van der Waals surface area contributed by atoms with Crippen molar-refractivity contribution in [3.05, 3.63) is 81.7 Å². The van der Waals surface area contributed by atoms with Crippen LogP contribution in [-0.2, 0) is 19.4 Å². The number of para-hydroxylation sites is 1. The van der Waals surface area contributed by atoms with Gasteiger partial charge in [-0.25, -0.2) is 14.1 Å². The topological polar surface area (TPSA) is 93.8 Å². The van der Waals surface area contributed by atoms with Crippen LogP contribution in [0.1, 0.15) is 47.9 Å². The number of anilines is 1. The van der Waals surface area contributed by atoms with Gasteiger partial charge in [-0.1, -0.05) is 18.6 Å². The fourth-order valence-corrected chi connectivity index (χ4v) is 4.48. The van der Waals surface area contributed by atoms with Crippen molar-refractivity contribution in [1.29, 1.82) is 0 Å². The van der Waals surface area contributed by atoms with Crippen LogP contribution in [0.5, 0.6) is 0 Å². The van der Waals surface area contributed by atoms with Gasteiger partial charge in [0.25, 0.3) is 11.5 Å². The van der Waals surface area contributed by atoms with Gasteiger partial charge in [0.2, 0.25) is 5.95 Å². The van der Waals surface area contributed by atoms with Gasteiger partial charge in [-0.3, -0.25) is 25.0 Å². The van der Waals surface area contributed by atoms with Gasteiger partial charge < -0.3 is 0 Å². The molecule has 1 amide bonds. The highest BCUT2D eigenvalue weighted by molar-refractivity contribution is 5.94. The van der Waals surface area contributed by atoms with E-state index in [9.17, 15) is 14.0 Å². The number of nitrogens with zero attached hydrogens (tertiary/aromatic N) is 4.